The Morgan fingerprint density at radius 3 is 2.53 bits per heavy atom. The second kappa shape index (κ2) is 8.11. The van der Waals surface area contributed by atoms with Crippen molar-refractivity contribution >= 4 is 34.6 Å². The van der Waals surface area contributed by atoms with Crippen LogP contribution in [-0.4, -0.2) is 45.2 Å². The van der Waals surface area contributed by atoms with Crippen molar-refractivity contribution in [1.29, 1.82) is 5.26 Å². The summed E-state index contributed by atoms with van der Waals surface area (Å²) in [5, 5.41) is 12.6. The van der Waals surface area contributed by atoms with Crippen LogP contribution < -0.4 is 19.9 Å². The smallest absolute Gasteiger partial charge is 0.419 e. The number of thiocarbonyl (C=S) groups is 1. The quantitative estimate of drug-likeness (QED) is 0.620. The van der Waals surface area contributed by atoms with Gasteiger partial charge in [-0.15, -0.1) is 0 Å². The third-order valence-electron chi connectivity index (χ3n) is 7.68. The van der Waals surface area contributed by atoms with Crippen LogP contribution >= 0.6 is 12.2 Å². The van der Waals surface area contributed by atoms with Gasteiger partial charge in [0.15, 0.2) is 10.8 Å². The number of rotatable bonds is 4. The normalized spacial score (nSPS) is 26.4. The van der Waals surface area contributed by atoms with Crippen LogP contribution in [0.25, 0.3) is 0 Å². The summed E-state index contributed by atoms with van der Waals surface area (Å²) in [5.74, 6) is 0.543. The third kappa shape index (κ3) is 3.44. The molecule has 2 saturated carbocycles. The minimum absolute atomic E-state index is 0.0500. The monoisotopic (exact) mass is 514 g/mol. The highest BCUT2D eigenvalue weighted by atomic mass is 32.1. The lowest BCUT2D eigenvalue weighted by Crippen LogP contribution is -2.55. The zero-order chi connectivity index (χ0) is 25.2. The molecule has 6 rings (SSSR count). The number of halogens is 3. The number of carbonyl (C=O) groups excluding carboxylic acids is 1. The van der Waals surface area contributed by atoms with E-state index in [4.69, 9.17) is 22.2 Å². The van der Waals surface area contributed by atoms with E-state index >= 15 is 0 Å². The van der Waals surface area contributed by atoms with Gasteiger partial charge >= 0.3 is 6.18 Å². The van der Waals surface area contributed by atoms with Crippen LogP contribution in [0.3, 0.4) is 0 Å². The fourth-order valence-electron chi connectivity index (χ4n) is 5.75. The number of piperidine rings is 1. The van der Waals surface area contributed by atoms with Crippen LogP contribution in [0.4, 0.5) is 24.5 Å². The molecule has 4 fully saturated rings. The molecular formula is C24H21F3N6O2S. The molecule has 2 aromatic rings. The summed E-state index contributed by atoms with van der Waals surface area (Å²) in [6.07, 6.45) is 1.82. The Labute approximate surface area is 210 Å². The topological polar surface area (TPSA) is 94.4 Å². The first-order chi connectivity index (χ1) is 17.2. The highest BCUT2D eigenvalue weighted by Gasteiger charge is 2.60. The Morgan fingerprint density at radius 2 is 1.97 bits per heavy atom. The van der Waals surface area contributed by atoms with Gasteiger partial charge in [0, 0.05) is 24.6 Å². The number of hydrogen-bond donors (Lipinski definition) is 1. The third-order valence-corrected chi connectivity index (χ3v) is 8.05. The van der Waals surface area contributed by atoms with Gasteiger partial charge in [-0.3, -0.25) is 9.69 Å². The molecule has 0 radical (unpaired) electrons. The minimum atomic E-state index is -4.80. The predicted molar refractivity (Wildman–Crippen MR) is 126 cm³/mol. The van der Waals surface area contributed by atoms with E-state index in [2.05, 4.69) is 15.3 Å². The maximum absolute atomic E-state index is 13.6. The molecule has 186 valence electrons. The van der Waals surface area contributed by atoms with Crippen molar-refractivity contribution in [2.75, 3.05) is 16.3 Å². The number of alkyl halides is 3. The van der Waals surface area contributed by atoms with Crippen molar-refractivity contribution < 1.29 is 22.7 Å². The molecule has 1 N–H and O–H groups in total. The summed E-state index contributed by atoms with van der Waals surface area (Å²) in [4.78, 5) is 24.4. The van der Waals surface area contributed by atoms with Crippen molar-refractivity contribution in [3.05, 3.63) is 41.9 Å². The average molecular weight is 515 g/mol. The molecule has 12 heteroatoms. The Morgan fingerprint density at radius 1 is 1.19 bits per heavy atom. The van der Waals surface area contributed by atoms with E-state index in [0.717, 1.165) is 43.0 Å². The highest BCUT2D eigenvalue weighted by molar-refractivity contribution is 7.81. The van der Waals surface area contributed by atoms with Gasteiger partial charge in [0.25, 0.3) is 5.91 Å². The average Bonchev–Trinajstić information content (AvgIpc) is 3.50. The molecule has 2 aliphatic carbocycles. The molecule has 2 bridgehead atoms. The maximum atomic E-state index is 13.6. The Kier molecular flexibility index (Phi) is 5.21. The molecule has 1 spiro atoms. The first-order valence-corrected chi connectivity index (χ1v) is 12.1. The summed E-state index contributed by atoms with van der Waals surface area (Å²) in [5.41, 5.74) is -2.51. The molecule has 4 aliphatic rings. The summed E-state index contributed by atoms with van der Waals surface area (Å²) in [7, 11) is 0. The lowest BCUT2D eigenvalue weighted by atomic mass is 9.75. The van der Waals surface area contributed by atoms with Crippen LogP contribution in [0, 0.1) is 17.2 Å². The van der Waals surface area contributed by atoms with Crippen LogP contribution in [0.5, 0.6) is 5.88 Å². The van der Waals surface area contributed by atoms with Crippen molar-refractivity contribution in [2.24, 2.45) is 5.92 Å². The zero-order valence-corrected chi connectivity index (χ0v) is 19.8. The molecule has 8 nitrogen and oxygen atoms in total. The first-order valence-electron chi connectivity index (χ1n) is 11.7. The van der Waals surface area contributed by atoms with E-state index in [1.807, 2.05) is 0 Å². The molecule has 36 heavy (non-hydrogen) atoms. The molecule has 2 saturated heterocycles. The van der Waals surface area contributed by atoms with E-state index in [9.17, 15) is 18.0 Å². The van der Waals surface area contributed by atoms with Gasteiger partial charge in [-0.1, -0.05) is 0 Å². The molecule has 3 atom stereocenters. The fraction of sp³-hybridized carbons (Fsp3) is 0.458. The number of pyridine rings is 2. The maximum Gasteiger partial charge on any atom is 0.419 e. The zero-order valence-electron chi connectivity index (χ0n) is 19.0. The number of carbonyl (C=O) groups is 1. The Hall–Kier alpha value is -3.30. The number of nitrogens with zero attached hydrogens (tertiary/aromatic N) is 5. The number of ether oxygens (including phenoxy) is 1. The molecule has 1 amide bonds. The number of aromatic nitrogens is 2. The Bertz CT molecular complexity index is 1290. The fourth-order valence-corrected chi connectivity index (χ4v) is 6.22. The largest absolute Gasteiger partial charge is 0.474 e. The highest BCUT2D eigenvalue weighted by Crippen LogP contribution is 2.48. The lowest BCUT2D eigenvalue weighted by molar-refractivity contribution is -0.138. The van der Waals surface area contributed by atoms with Crippen LogP contribution in [0.1, 0.15) is 43.4 Å². The second-order valence-electron chi connectivity index (χ2n) is 9.69. The summed E-state index contributed by atoms with van der Waals surface area (Å²) < 4.78 is 46.7. The van der Waals surface area contributed by atoms with Gasteiger partial charge in [-0.25, -0.2) is 9.97 Å². The number of hydrogen-bond acceptors (Lipinski definition) is 7. The second-order valence-corrected chi connectivity index (χ2v) is 10.1. The van der Waals surface area contributed by atoms with Gasteiger partial charge in [0.2, 0.25) is 5.88 Å². The molecule has 4 heterocycles. The van der Waals surface area contributed by atoms with E-state index in [1.165, 1.54) is 6.07 Å². The minimum Gasteiger partial charge on any atom is -0.474 e. The van der Waals surface area contributed by atoms with E-state index in [1.54, 1.807) is 23.2 Å². The molecule has 2 aliphatic heterocycles. The van der Waals surface area contributed by atoms with Gasteiger partial charge in [0.05, 0.1) is 29.3 Å². The van der Waals surface area contributed by atoms with Crippen LogP contribution in [0.2, 0.25) is 0 Å². The van der Waals surface area contributed by atoms with Gasteiger partial charge < -0.3 is 15.0 Å². The summed E-state index contributed by atoms with van der Waals surface area (Å²) in [6.45, 7) is 0.941. The molecular weight excluding hydrogens is 493 g/mol. The van der Waals surface area contributed by atoms with Crippen molar-refractivity contribution in [1.82, 2.24) is 15.3 Å². The summed E-state index contributed by atoms with van der Waals surface area (Å²) >= 11 is 5.63. The van der Waals surface area contributed by atoms with Crippen molar-refractivity contribution in [2.45, 2.75) is 56.0 Å². The molecule has 1 unspecified atom stereocenters. The SMILES string of the molecule is N#Cc1ncc(N2C(=O)C3(CCC3)N(c3ccc(O[C@@H]4C[C@@H]5CC4CN5)nc3)C2=S)cc1C(F)(F)F. The van der Waals surface area contributed by atoms with E-state index in [0.29, 0.717) is 36.4 Å². The van der Waals surface area contributed by atoms with Gasteiger partial charge in [-0.05, 0) is 56.5 Å². The van der Waals surface area contributed by atoms with E-state index in [-0.39, 0.29) is 16.9 Å². The number of fused-ring (bicyclic) bond motifs is 2. The van der Waals surface area contributed by atoms with Gasteiger partial charge in [0.1, 0.15) is 17.7 Å². The number of amides is 1. The number of nitriles is 1. The summed E-state index contributed by atoms with van der Waals surface area (Å²) in [6, 6.07) is 6.21. The lowest BCUT2D eigenvalue weighted by Gasteiger charge is -2.42. The van der Waals surface area contributed by atoms with Crippen LogP contribution in [-0.2, 0) is 11.0 Å². The number of nitrogens with one attached hydrogen (secondary N) is 1. The van der Waals surface area contributed by atoms with E-state index < -0.39 is 28.9 Å². The van der Waals surface area contributed by atoms with Gasteiger partial charge in [-0.2, -0.15) is 18.4 Å². The first kappa shape index (κ1) is 23.1. The molecule has 2 aromatic heterocycles. The predicted octanol–water partition coefficient (Wildman–Crippen LogP) is 3.56. The van der Waals surface area contributed by atoms with Crippen LogP contribution in [0.15, 0.2) is 30.6 Å². The number of anilines is 2. The standard InChI is InChI=1S/C24H21F3N6O2S/c25-24(26,27)17-8-16(12-30-18(17)9-28)32-21(34)23(4-1-5-23)33(22(32)36)15-2-3-20(31-11-15)35-19-7-14-6-13(19)10-29-14/h2-3,8,11-14,19,29H,1,4-7,10H2/t13?,14-,19+/m0/s1. The van der Waals surface area contributed by atoms with Crippen molar-refractivity contribution in [3.8, 4) is 11.9 Å². The molecule has 0 aromatic carbocycles. The van der Waals surface area contributed by atoms with Crippen molar-refractivity contribution in [3.63, 3.8) is 0 Å². The Balaban J connectivity index is 1.30.